The van der Waals surface area contributed by atoms with Crippen molar-refractivity contribution in [3.05, 3.63) is 53.1 Å². The van der Waals surface area contributed by atoms with Crippen LogP contribution in [0.15, 0.2) is 42.5 Å². The summed E-state index contributed by atoms with van der Waals surface area (Å²) in [5.74, 6) is 0.473. The Morgan fingerprint density at radius 2 is 1.72 bits per heavy atom. The van der Waals surface area contributed by atoms with Crippen LogP contribution < -0.4 is 4.74 Å². The second-order valence-corrected chi connectivity index (χ2v) is 9.04. The van der Waals surface area contributed by atoms with Crippen molar-refractivity contribution in [2.75, 3.05) is 6.61 Å². The van der Waals surface area contributed by atoms with Crippen LogP contribution in [-0.2, 0) is 9.53 Å². The fourth-order valence-corrected chi connectivity index (χ4v) is 4.45. The van der Waals surface area contributed by atoms with E-state index in [0.29, 0.717) is 24.0 Å². The molecule has 3 nitrogen and oxygen atoms in total. The summed E-state index contributed by atoms with van der Waals surface area (Å²) in [6.07, 6.45) is 4.61. The minimum Gasteiger partial charge on any atom is -0.492 e. The number of benzene rings is 2. The Hall–Kier alpha value is -2.07. The minimum absolute atomic E-state index is 0.159. The van der Waals surface area contributed by atoms with Crippen molar-refractivity contribution in [2.24, 2.45) is 0 Å². The molecular formula is C27H34ClFO3. The monoisotopic (exact) mass is 460 g/mol. The zero-order valence-electron chi connectivity index (χ0n) is 19.1. The maximum absolute atomic E-state index is 13.9. The number of hydrogen-bond acceptors (Lipinski definition) is 3. The van der Waals surface area contributed by atoms with Crippen molar-refractivity contribution >= 4 is 17.6 Å². The van der Waals surface area contributed by atoms with Gasteiger partial charge in [0.05, 0.1) is 11.6 Å². The molecule has 3 rings (SSSR count). The molecule has 1 aliphatic carbocycles. The van der Waals surface area contributed by atoms with Gasteiger partial charge in [-0.1, -0.05) is 68.6 Å². The highest BCUT2D eigenvalue weighted by Crippen LogP contribution is 2.36. The average molecular weight is 461 g/mol. The van der Waals surface area contributed by atoms with Crippen molar-refractivity contribution < 1.29 is 18.7 Å². The molecule has 0 radical (unpaired) electrons. The summed E-state index contributed by atoms with van der Waals surface area (Å²) in [5, 5.41) is 0.623. The number of carbonyl (C=O) groups is 1. The highest BCUT2D eigenvalue weighted by Gasteiger charge is 2.27. The Labute approximate surface area is 196 Å². The van der Waals surface area contributed by atoms with Gasteiger partial charge in [0.2, 0.25) is 0 Å². The number of carbonyl (C=O) groups excluding carboxylic acids is 1. The van der Waals surface area contributed by atoms with Crippen LogP contribution >= 0.6 is 11.6 Å². The smallest absolute Gasteiger partial charge is 0.340 e. The van der Waals surface area contributed by atoms with Gasteiger partial charge in [-0.05, 0) is 73.3 Å². The highest BCUT2D eigenvalue weighted by molar-refractivity contribution is 6.32. The van der Waals surface area contributed by atoms with Crippen molar-refractivity contribution in [3.63, 3.8) is 0 Å². The molecule has 0 bridgehead atoms. The molecule has 1 saturated carbocycles. The number of halogens is 2. The lowest BCUT2D eigenvalue weighted by Gasteiger charge is -2.29. The number of alkyl halides is 1. The lowest BCUT2D eigenvalue weighted by molar-refractivity contribution is -0.157. The van der Waals surface area contributed by atoms with E-state index in [0.717, 1.165) is 55.4 Å². The Morgan fingerprint density at radius 1 is 1.03 bits per heavy atom. The first kappa shape index (κ1) is 24.6. The summed E-state index contributed by atoms with van der Waals surface area (Å²) in [6.45, 7) is 4.71. The van der Waals surface area contributed by atoms with Gasteiger partial charge in [-0.15, -0.1) is 0 Å². The molecule has 2 aromatic carbocycles. The van der Waals surface area contributed by atoms with Crippen LogP contribution in [0.1, 0.15) is 76.7 Å². The zero-order chi connectivity index (χ0) is 22.9. The second kappa shape index (κ2) is 12.2. The summed E-state index contributed by atoms with van der Waals surface area (Å²) >= 11 is 6.38. The van der Waals surface area contributed by atoms with Crippen molar-refractivity contribution in [1.29, 1.82) is 0 Å². The lowest BCUT2D eigenvalue weighted by atomic mass is 9.82. The first-order chi connectivity index (χ1) is 15.5. The molecule has 0 amide bonds. The molecular weight excluding hydrogens is 427 g/mol. The molecule has 2 aromatic rings. The van der Waals surface area contributed by atoms with E-state index in [9.17, 15) is 9.18 Å². The summed E-state index contributed by atoms with van der Waals surface area (Å²) in [5.41, 5.74) is 3.46. The topological polar surface area (TPSA) is 35.5 Å². The molecule has 0 aromatic heterocycles. The molecule has 1 aliphatic rings. The molecule has 0 heterocycles. The standard InChI is InChI=1S/C27H34ClFO3/c1-3-5-6-25(29)27(30)32-23-14-11-20(12-15-23)19-7-9-21(10-8-19)22-13-16-26(24(28)18-22)31-17-4-2/h7-10,13,16,18,20,23,25H,3-6,11-12,14-15,17H2,1-2H3/t20-,23-,25-/m0/s1. The van der Waals surface area contributed by atoms with Crippen molar-refractivity contribution in [1.82, 2.24) is 0 Å². The number of unbranched alkanes of at least 4 members (excludes halogenated alkanes) is 1. The Morgan fingerprint density at radius 3 is 2.34 bits per heavy atom. The predicted octanol–water partition coefficient (Wildman–Crippen LogP) is 7.89. The number of rotatable bonds is 10. The fourth-order valence-electron chi connectivity index (χ4n) is 4.21. The molecule has 174 valence electrons. The van der Waals surface area contributed by atoms with Gasteiger partial charge in [0.25, 0.3) is 0 Å². The minimum atomic E-state index is -1.49. The zero-order valence-corrected chi connectivity index (χ0v) is 19.9. The summed E-state index contributed by atoms with van der Waals surface area (Å²) in [6, 6.07) is 14.5. The average Bonchev–Trinajstić information content (AvgIpc) is 2.82. The third-order valence-corrected chi connectivity index (χ3v) is 6.43. The van der Waals surface area contributed by atoms with Gasteiger partial charge in [-0.2, -0.15) is 0 Å². The van der Waals surface area contributed by atoms with Crippen LogP contribution in [0, 0.1) is 0 Å². The van der Waals surface area contributed by atoms with Gasteiger partial charge in [-0.3, -0.25) is 0 Å². The summed E-state index contributed by atoms with van der Waals surface area (Å²) in [4.78, 5) is 11.9. The Bertz CT molecular complexity index is 860. The van der Waals surface area contributed by atoms with Gasteiger partial charge < -0.3 is 9.47 Å². The van der Waals surface area contributed by atoms with Crippen LogP contribution in [0.5, 0.6) is 5.75 Å². The maximum Gasteiger partial charge on any atom is 0.340 e. The molecule has 0 spiro atoms. The van der Waals surface area contributed by atoms with E-state index in [2.05, 4.69) is 31.2 Å². The first-order valence-corrected chi connectivity index (χ1v) is 12.3. The third kappa shape index (κ3) is 6.71. The van der Waals surface area contributed by atoms with E-state index in [1.165, 1.54) is 5.56 Å². The molecule has 0 N–H and O–H groups in total. The second-order valence-electron chi connectivity index (χ2n) is 8.64. The molecule has 1 atom stereocenters. The Kier molecular flexibility index (Phi) is 9.40. The fraction of sp³-hybridized carbons (Fsp3) is 0.519. The van der Waals surface area contributed by atoms with Crippen LogP contribution in [-0.4, -0.2) is 24.9 Å². The highest BCUT2D eigenvalue weighted by atomic mass is 35.5. The van der Waals surface area contributed by atoms with E-state index in [4.69, 9.17) is 21.1 Å². The van der Waals surface area contributed by atoms with Crippen LogP contribution in [0.2, 0.25) is 5.02 Å². The number of hydrogen-bond donors (Lipinski definition) is 0. The van der Waals surface area contributed by atoms with Crippen LogP contribution in [0.4, 0.5) is 4.39 Å². The summed E-state index contributed by atoms with van der Waals surface area (Å²) < 4.78 is 24.9. The normalized spacial score (nSPS) is 19.4. The predicted molar refractivity (Wildman–Crippen MR) is 128 cm³/mol. The van der Waals surface area contributed by atoms with Crippen LogP contribution in [0.25, 0.3) is 11.1 Å². The van der Waals surface area contributed by atoms with Crippen molar-refractivity contribution in [3.8, 4) is 16.9 Å². The van der Waals surface area contributed by atoms with E-state index in [-0.39, 0.29) is 12.5 Å². The molecule has 0 aliphatic heterocycles. The SMILES string of the molecule is CCCC[C@H](F)C(=O)O[C@H]1CC[C@H](c2ccc(-c3ccc(OCCC)c(Cl)c3)cc2)CC1. The van der Waals surface area contributed by atoms with E-state index in [1.807, 2.05) is 25.1 Å². The largest absolute Gasteiger partial charge is 0.492 e. The number of esters is 1. The molecule has 0 unspecified atom stereocenters. The molecule has 0 saturated heterocycles. The first-order valence-electron chi connectivity index (χ1n) is 11.9. The third-order valence-electron chi connectivity index (χ3n) is 6.13. The van der Waals surface area contributed by atoms with Gasteiger partial charge in [0, 0.05) is 0 Å². The van der Waals surface area contributed by atoms with Gasteiger partial charge >= 0.3 is 5.97 Å². The van der Waals surface area contributed by atoms with Gasteiger partial charge in [0.15, 0.2) is 6.17 Å². The molecule has 5 heteroatoms. The van der Waals surface area contributed by atoms with Crippen molar-refractivity contribution in [2.45, 2.75) is 83.4 Å². The maximum atomic E-state index is 13.9. The Balaban J connectivity index is 1.53. The van der Waals surface area contributed by atoms with Crippen LogP contribution in [0.3, 0.4) is 0 Å². The van der Waals surface area contributed by atoms with Gasteiger partial charge in [-0.25, -0.2) is 9.18 Å². The van der Waals surface area contributed by atoms with E-state index >= 15 is 0 Å². The van der Waals surface area contributed by atoms with Gasteiger partial charge in [0.1, 0.15) is 11.9 Å². The summed E-state index contributed by atoms with van der Waals surface area (Å²) in [7, 11) is 0. The quantitative estimate of drug-likeness (QED) is 0.338. The molecule has 1 fully saturated rings. The molecule has 32 heavy (non-hydrogen) atoms. The van der Waals surface area contributed by atoms with E-state index in [1.54, 1.807) is 0 Å². The van der Waals surface area contributed by atoms with E-state index < -0.39 is 12.1 Å². The number of ether oxygens (including phenoxy) is 2. The lowest BCUT2D eigenvalue weighted by Crippen LogP contribution is -2.28.